The monoisotopic (exact) mass is 244 g/mol. The van der Waals surface area contributed by atoms with Crippen LogP contribution < -0.4 is 10.6 Å². The number of H-pyrrole nitrogens is 1. The summed E-state index contributed by atoms with van der Waals surface area (Å²) in [7, 11) is 4.09. The fourth-order valence-corrected chi connectivity index (χ4v) is 1.99. The Labute approximate surface area is 108 Å². The number of nitrogens with two attached hydrogens (primary N) is 1. The van der Waals surface area contributed by atoms with Crippen molar-refractivity contribution < 1.29 is 0 Å². The number of imidazole rings is 1. The van der Waals surface area contributed by atoms with Crippen LogP contribution in [0.3, 0.4) is 0 Å². The lowest BCUT2D eigenvalue weighted by Crippen LogP contribution is -2.08. The van der Waals surface area contributed by atoms with Crippen LogP contribution >= 0.6 is 0 Å². The van der Waals surface area contributed by atoms with E-state index in [0.717, 1.165) is 24.2 Å². The Morgan fingerprint density at radius 3 is 2.33 bits per heavy atom. The Hall–Kier alpha value is -1.97. The number of anilines is 2. The van der Waals surface area contributed by atoms with Crippen molar-refractivity contribution in [3.8, 4) is 0 Å². The molecule has 3 N–H and O–H groups in total. The highest BCUT2D eigenvalue weighted by molar-refractivity contribution is 5.46. The van der Waals surface area contributed by atoms with Gasteiger partial charge in [0.2, 0.25) is 0 Å². The number of aryl methyl sites for hydroxylation is 3. The second-order valence-corrected chi connectivity index (χ2v) is 4.75. The van der Waals surface area contributed by atoms with Crippen LogP contribution in [0.4, 0.5) is 11.6 Å². The van der Waals surface area contributed by atoms with Crippen molar-refractivity contribution in [1.29, 1.82) is 0 Å². The molecule has 4 heteroatoms. The Bertz CT molecular complexity index is 511. The number of hydrogen-bond donors (Lipinski definition) is 2. The van der Waals surface area contributed by atoms with Gasteiger partial charge in [0.25, 0.3) is 0 Å². The van der Waals surface area contributed by atoms with E-state index in [4.69, 9.17) is 5.73 Å². The second kappa shape index (κ2) is 5.12. The van der Waals surface area contributed by atoms with Gasteiger partial charge in [-0.05, 0) is 37.5 Å². The minimum atomic E-state index is 0.505. The number of aromatic amines is 1. The van der Waals surface area contributed by atoms with Crippen molar-refractivity contribution in [1.82, 2.24) is 9.97 Å². The zero-order valence-electron chi connectivity index (χ0n) is 11.2. The molecule has 0 aliphatic heterocycles. The van der Waals surface area contributed by atoms with Crippen molar-refractivity contribution in [2.24, 2.45) is 0 Å². The minimum absolute atomic E-state index is 0.505. The Morgan fingerprint density at radius 2 is 1.83 bits per heavy atom. The van der Waals surface area contributed by atoms with E-state index in [0.29, 0.717) is 5.95 Å². The topological polar surface area (TPSA) is 57.9 Å². The van der Waals surface area contributed by atoms with Gasteiger partial charge in [-0.2, -0.15) is 0 Å². The molecule has 0 unspecified atom stereocenters. The van der Waals surface area contributed by atoms with Gasteiger partial charge < -0.3 is 15.6 Å². The average Bonchev–Trinajstić information content (AvgIpc) is 2.66. The summed E-state index contributed by atoms with van der Waals surface area (Å²) in [5, 5.41) is 0. The van der Waals surface area contributed by atoms with Gasteiger partial charge in [0, 0.05) is 25.5 Å². The van der Waals surface area contributed by atoms with Gasteiger partial charge in [-0.15, -0.1) is 0 Å². The van der Waals surface area contributed by atoms with Crippen LogP contribution in [0.1, 0.15) is 17.0 Å². The van der Waals surface area contributed by atoms with E-state index in [-0.39, 0.29) is 0 Å². The molecule has 2 rings (SSSR count). The third-order valence-electron chi connectivity index (χ3n) is 3.11. The molecule has 1 heterocycles. The molecule has 0 fully saturated rings. The number of hydrogen-bond acceptors (Lipinski definition) is 3. The van der Waals surface area contributed by atoms with Crippen LogP contribution in [0.5, 0.6) is 0 Å². The maximum atomic E-state index is 5.63. The molecule has 0 aliphatic rings. The molecule has 18 heavy (non-hydrogen) atoms. The van der Waals surface area contributed by atoms with Crippen LogP contribution in [0, 0.1) is 6.92 Å². The molecule has 0 radical (unpaired) electrons. The summed E-state index contributed by atoms with van der Waals surface area (Å²) in [6.45, 7) is 2.01. The summed E-state index contributed by atoms with van der Waals surface area (Å²) in [5.74, 6) is 0.505. The van der Waals surface area contributed by atoms with E-state index in [1.165, 1.54) is 11.3 Å². The van der Waals surface area contributed by atoms with E-state index < -0.39 is 0 Å². The first kappa shape index (κ1) is 12.5. The van der Waals surface area contributed by atoms with E-state index in [1.807, 2.05) is 21.0 Å². The predicted octanol–water partition coefficient (Wildman–Crippen LogP) is 2.15. The summed E-state index contributed by atoms with van der Waals surface area (Å²) >= 11 is 0. The van der Waals surface area contributed by atoms with E-state index in [1.54, 1.807) is 0 Å². The lowest BCUT2D eigenvalue weighted by Gasteiger charge is -2.12. The number of nitrogens with zero attached hydrogens (tertiary/aromatic N) is 2. The van der Waals surface area contributed by atoms with E-state index >= 15 is 0 Å². The molecule has 0 saturated carbocycles. The van der Waals surface area contributed by atoms with Crippen molar-refractivity contribution in [2.45, 2.75) is 19.8 Å². The molecule has 0 aliphatic carbocycles. The third-order valence-corrected chi connectivity index (χ3v) is 3.11. The Kier molecular flexibility index (Phi) is 3.55. The largest absolute Gasteiger partial charge is 0.378 e. The molecular formula is C14H20N4. The van der Waals surface area contributed by atoms with Crippen molar-refractivity contribution >= 4 is 11.6 Å². The normalized spacial score (nSPS) is 10.6. The maximum Gasteiger partial charge on any atom is 0.197 e. The van der Waals surface area contributed by atoms with Gasteiger partial charge in [-0.1, -0.05) is 12.1 Å². The standard InChI is InChI=1S/C14H20N4/c1-10-13(17-14(15)16-10)9-6-11-4-7-12(8-5-11)18(2)3/h4-5,7-8H,6,9H2,1-3H3,(H3,15,16,17). The quantitative estimate of drug-likeness (QED) is 0.866. The zero-order valence-corrected chi connectivity index (χ0v) is 11.2. The molecule has 96 valence electrons. The van der Waals surface area contributed by atoms with Gasteiger partial charge >= 0.3 is 0 Å². The van der Waals surface area contributed by atoms with Crippen LogP contribution in [-0.4, -0.2) is 24.1 Å². The molecular weight excluding hydrogens is 224 g/mol. The highest BCUT2D eigenvalue weighted by atomic mass is 15.1. The highest BCUT2D eigenvalue weighted by Gasteiger charge is 2.04. The smallest absolute Gasteiger partial charge is 0.197 e. The summed E-state index contributed by atoms with van der Waals surface area (Å²) < 4.78 is 0. The van der Waals surface area contributed by atoms with E-state index in [2.05, 4.69) is 39.1 Å². The molecule has 0 saturated heterocycles. The molecule has 1 aromatic carbocycles. The number of benzene rings is 1. The molecule has 0 bridgehead atoms. The third kappa shape index (κ3) is 2.83. The van der Waals surface area contributed by atoms with Gasteiger partial charge in [0.15, 0.2) is 5.95 Å². The second-order valence-electron chi connectivity index (χ2n) is 4.75. The zero-order chi connectivity index (χ0) is 13.1. The van der Waals surface area contributed by atoms with Crippen LogP contribution in [0.25, 0.3) is 0 Å². The first-order chi connectivity index (χ1) is 8.56. The fraction of sp³-hybridized carbons (Fsp3) is 0.357. The SMILES string of the molecule is Cc1[nH]c(N)nc1CCc1ccc(N(C)C)cc1. The van der Waals surface area contributed by atoms with Gasteiger partial charge in [-0.3, -0.25) is 0 Å². The van der Waals surface area contributed by atoms with Crippen molar-refractivity contribution in [3.05, 3.63) is 41.2 Å². The lowest BCUT2D eigenvalue weighted by molar-refractivity contribution is 0.914. The first-order valence-corrected chi connectivity index (χ1v) is 6.13. The number of nitrogen functional groups attached to an aromatic ring is 1. The first-order valence-electron chi connectivity index (χ1n) is 6.13. The van der Waals surface area contributed by atoms with Crippen molar-refractivity contribution in [3.63, 3.8) is 0 Å². The number of rotatable bonds is 4. The maximum absolute atomic E-state index is 5.63. The average molecular weight is 244 g/mol. The summed E-state index contributed by atoms with van der Waals surface area (Å²) in [4.78, 5) is 9.41. The molecule has 0 amide bonds. The summed E-state index contributed by atoms with van der Waals surface area (Å²) in [6, 6.07) is 8.61. The number of aromatic nitrogens is 2. The Balaban J connectivity index is 2.00. The van der Waals surface area contributed by atoms with Crippen molar-refractivity contribution in [2.75, 3.05) is 24.7 Å². The molecule has 4 nitrogen and oxygen atoms in total. The predicted molar refractivity (Wildman–Crippen MR) is 75.9 cm³/mol. The fourth-order valence-electron chi connectivity index (χ4n) is 1.99. The molecule has 2 aromatic rings. The van der Waals surface area contributed by atoms with Gasteiger partial charge in [-0.25, -0.2) is 4.98 Å². The summed E-state index contributed by atoms with van der Waals surface area (Å²) in [6.07, 6.45) is 1.90. The minimum Gasteiger partial charge on any atom is -0.378 e. The van der Waals surface area contributed by atoms with Crippen LogP contribution in [0.2, 0.25) is 0 Å². The van der Waals surface area contributed by atoms with Gasteiger partial charge in [0.05, 0.1) is 5.69 Å². The van der Waals surface area contributed by atoms with Crippen LogP contribution in [-0.2, 0) is 12.8 Å². The lowest BCUT2D eigenvalue weighted by atomic mass is 10.1. The van der Waals surface area contributed by atoms with Crippen LogP contribution in [0.15, 0.2) is 24.3 Å². The van der Waals surface area contributed by atoms with Gasteiger partial charge in [0.1, 0.15) is 0 Å². The molecule has 0 atom stereocenters. The molecule has 1 aromatic heterocycles. The Morgan fingerprint density at radius 1 is 1.17 bits per heavy atom. The summed E-state index contributed by atoms with van der Waals surface area (Å²) in [5.41, 5.74) is 10.3. The molecule has 0 spiro atoms. The van der Waals surface area contributed by atoms with E-state index in [9.17, 15) is 0 Å². The number of nitrogens with one attached hydrogen (secondary N) is 1. The highest BCUT2D eigenvalue weighted by Crippen LogP contribution is 2.15.